The van der Waals surface area contributed by atoms with E-state index in [0.717, 1.165) is 5.56 Å². The number of nitrogens with two attached hydrogens (primary N) is 1. The number of rotatable bonds is 3. The highest BCUT2D eigenvalue weighted by atomic mass is 127. The summed E-state index contributed by atoms with van der Waals surface area (Å²) in [5, 5.41) is 2.11. The SMILES string of the molecule is NNC(c1cccnc1)c1csc(I)c1. The summed E-state index contributed by atoms with van der Waals surface area (Å²) >= 11 is 4.02. The lowest BCUT2D eigenvalue weighted by atomic mass is 10.0. The van der Waals surface area contributed by atoms with Gasteiger partial charge in [0.15, 0.2) is 0 Å². The minimum atomic E-state index is 0.0264. The van der Waals surface area contributed by atoms with Crippen LogP contribution in [0.2, 0.25) is 0 Å². The third-order valence-corrected chi connectivity index (χ3v) is 3.91. The van der Waals surface area contributed by atoms with E-state index in [4.69, 9.17) is 5.84 Å². The van der Waals surface area contributed by atoms with Crippen LogP contribution in [-0.4, -0.2) is 4.98 Å². The Hall–Kier alpha value is -0.500. The molecule has 3 N–H and O–H groups in total. The van der Waals surface area contributed by atoms with Crippen LogP contribution in [-0.2, 0) is 0 Å². The lowest BCUT2D eigenvalue weighted by Crippen LogP contribution is -2.28. The summed E-state index contributed by atoms with van der Waals surface area (Å²) in [6.07, 6.45) is 3.59. The smallest absolute Gasteiger partial charge is 0.0733 e. The van der Waals surface area contributed by atoms with Crippen LogP contribution >= 0.6 is 33.9 Å². The summed E-state index contributed by atoms with van der Waals surface area (Å²) in [6, 6.07) is 6.08. The Bertz CT molecular complexity index is 429. The molecule has 0 radical (unpaired) electrons. The molecule has 3 nitrogen and oxygen atoms in total. The van der Waals surface area contributed by atoms with Gasteiger partial charge in [-0.3, -0.25) is 10.8 Å². The predicted molar refractivity (Wildman–Crippen MR) is 70.4 cm³/mol. The minimum Gasteiger partial charge on any atom is -0.271 e. The van der Waals surface area contributed by atoms with Crippen LogP contribution in [0.3, 0.4) is 0 Å². The Labute approximate surface area is 106 Å². The second-order valence-electron chi connectivity index (χ2n) is 3.07. The van der Waals surface area contributed by atoms with Crippen molar-refractivity contribution in [3.63, 3.8) is 0 Å². The van der Waals surface area contributed by atoms with Gasteiger partial charge in [-0.2, -0.15) is 0 Å². The Morgan fingerprint density at radius 1 is 1.47 bits per heavy atom. The van der Waals surface area contributed by atoms with Crippen molar-refractivity contribution in [1.29, 1.82) is 0 Å². The van der Waals surface area contributed by atoms with E-state index in [-0.39, 0.29) is 6.04 Å². The molecule has 2 heterocycles. The third kappa shape index (κ3) is 2.54. The third-order valence-electron chi connectivity index (χ3n) is 2.11. The minimum absolute atomic E-state index is 0.0264. The Morgan fingerprint density at radius 2 is 2.33 bits per heavy atom. The molecule has 1 atom stereocenters. The number of hydrogen-bond acceptors (Lipinski definition) is 4. The van der Waals surface area contributed by atoms with Crippen LogP contribution in [0.1, 0.15) is 17.2 Å². The van der Waals surface area contributed by atoms with Crippen molar-refractivity contribution in [1.82, 2.24) is 10.4 Å². The van der Waals surface area contributed by atoms with Gasteiger partial charge in [-0.1, -0.05) is 6.07 Å². The molecule has 2 aromatic heterocycles. The molecule has 0 fully saturated rings. The molecule has 0 saturated heterocycles. The fraction of sp³-hybridized carbons (Fsp3) is 0.100. The first-order valence-electron chi connectivity index (χ1n) is 4.41. The molecular weight excluding hydrogens is 321 g/mol. The van der Waals surface area contributed by atoms with Gasteiger partial charge in [-0.15, -0.1) is 11.3 Å². The van der Waals surface area contributed by atoms with E-state index >= 15 is 0 Å². The van der Waals surface area contributed by atoms with Crippen molar-refractivity contribution >= 4 is 33.9 Å². The average molecular weight is 331 g/mol. The number of hydrazine groups is 1. The molecule has 0 spiro atoms. The van der Waals surface area contributed by atoms with Gasteiger partial charge in [0.2, 0.25) is 0 Å². The Balaban J connectivity index is 2.33. The zero-order valence-corrected chi connectivity index (χ0v) is 10.8. The first-order chi connectivity index (χ1) is 7.31. The first-order valence-corrected chi connectivity index (χ1v) is 6.37. The van der Waals surface area contributed by atoms with Crippen molar-refractivity contribution in [3.05, 3.63) is 50.0 Å². The van der Waals surface area contributed by atoms with Crippen molar-refractivity contribution in [2.75, 3.05) is 0 Å². The normalized spacial score (nSPS) is 12.7. The van der Waals surface area contributed by atoms with E-state index in [1.165, 1.54) is 8.45 Å². The molecule has 2 rings (SSSR count). The van der Waals surface area contributed by atoms with Gasteiger partial charge in [0.25, 0.3) is 0 Å². The van der Waals surface area contributed by atoms with E-state index in [2.05, 4.69) is 44.4 Å². The maximum Gasteiger partial charge on any atom is 0.0733 e. The summed E-state index contributed by atoms with van der Waals surface area (Å²) in [5.74, 6) is 5.57. The lowest BCUT2D eigenvalue weighted by Gasteiger charge is -2.14. The summed E-state index contributed by atoms with van der Waals surface area (Å²) < 4.78 is 1.26. The number of thiophene rings is 1. The van der Waals surface area contributed by atoms with Crippen molar-refractivity contribution < 1.29 is 0 Å². The number of hydrogen-bond donors (Lipinski definition) is 2. The number of nitrogens with zero attached hydrogens (tertiary/aromatic N) is 1. The molecule has 0 aliphatic rings. The van der Waals surface area contributed by atoms with Gasteiger partial charge in [0.05, 0.1) is 8.93 Å². The monoisotopic (exact) mass is 331 g/mol. The molecule has 5 heteroatoms. The van der Waals surface area contributed by atoms with Crippen molar-refractivity contribution in [2.45, 2.75) is 6.04 Å². The van der Waals surface area contributed by atoms with E-state index in [1.807, 2.05) is 18.3 Å². The summed E-state index contributed by atoms with van der Waals surface area (Å²) in [6.45, 7) is 0. The molecule has 0 amide bonds. The van der Waals surface area contributed by atoms with Gasteiger partial charge in [0, 0.05) is 12.4 Å². The van der Waals surface area contributed by atoms with E-state index < -0.39 is 0 Å². The molecule has 0 aliphatic carbocycles. The number of pyridine rings is 1. The number of halogens is 1. The quantitative estimate of drug-likeness (QED) is 0.516. The van der Waals surface area contributed by atoms with E-state index in [0.29, 0.717) is 0 Å². The van der Waals surface area contributed by atoms with Crippen LogP contribution in [0.15, 0.2) is 36.0 Å². The summed E-state index contributed by atoms with van der Waals surface area (Å²) in [5.41, 5.74) is 5.07. The zero-order valence-electron chi connectivity index (χ0n) is 7.85. The lowest BCUT2D eigenvalue weighted by molar-refractivity contribution is 0.636. The van der Waals surface area contributed by atoms with Crippen LogP contribution in [0.5, 0.6) is 0 Å². The number of nitrogens with one attached hydrogen (secondary N) is 1. The Morgan fingerprint density at radius 3 is 2.87 bits per heavy atom. The van der Waals surface area contributed by atoms with Crippen LogP contribution < -0.4 is 11.3 Å². The van der Waals surface area contributed by atoms with Crippen molar-refractivity contribution in [3.8, 4) is 0 Å². The predicted octanol–water partition coefficient (Wildman–Crippen LogP) is 2.30. The molecule has 78 valence electrons. The molecule has 2 aromatic rings. The van der Waals surface area contributed by atoms with E-state index in [9.17, 15) is 0 Å². The molecule has 1 unspecified atom stereocenters. The van der Waals surface area contributed by atoms with Crippen LogP contribution in [0.4, 0.5) is 0 Å². The van der Waals surface area contributed by atoms with Gasteiger partial charge in [0.1, 0.15) is 0 Å². The molecule has 0 aromatic carbocycles. The first kappa shape index (κ1) is 11.0. The average Bonchev–Trinajstić information content (AvgIpc) is 2.68. The number of aromatic nitrogens is 1. The fourth-order valence-electron chi connectivity index (χ4n) is 1.41. The molecule has 15 heavy (non-hydrogen) atoms. The Kier molecular flexibility index (Phi) is 3.68. The van der Waals surface area contributed by atoms with E-state index in [1.54, 1.807) is 17.5 Å². The maximum atomic E-state index is 5.57. The van der Waals surface area contributed by atoms with Crippen molar-refractivity contribution in [2.24, 2.45) is 5.84 Å². The molecular formula is C10H10IN3S. The summed E-state index contributed by atoms with van der Waals surface area (Å²) in [7, 11) is 0. The van der Waals surface area contributed by atoms with Crippen LogP contribution in [0, 0.1) is 2.88 Å². The second-order valence-corrected chi connectivity index (χ2v) is 5.88. The second kappa shape index (κ2) is 5.02. The molecule has 0 aliphatic heterocycles. The van der Waals surface area contributed by atoms with Gasteiger partial charge in [-0.05, 0) is 51.2 Å². The highest BCUT2D eigenvalue weighted by molar-refractivity contribution is 14.1. The zero-order chi connectivity index (χ0) is 10.7. The largest absolute Gasteiger partial charge is 0.271 e. The van der Waals surface area contributed by atoms with Crippen LogP contribution in [0.25, 0.3) is 0 Å². The molecule has 0 bridgehead atoms. The van der Waals surface area contributed by atoms with Gasteiger partial charge < -0.3 is 0 Å². The standard InChI is InChI=1S/C10H10IN3S/c11-9-4-8(6-15-9)10(14-12)7-2-1-3-13-5-7/h1-6,10,14H,12H2. The van der Waals surface area contributed by atoms with Gasteiger partial charge in [-0.25, -0.2) is 5.43 Å². The topological polar surface area (TPSA) is 50.9 Å². The molecule has 0 saturated carbocycles. The summed E-state index contributed by atoms with van der Waals surface area (Å²) in [4.78, 5) is 4.09. The fourth-order valence-corrected chi connectivity index (χ4v) is 2.80. The van der Waals surface area contributed by atoms with Gasteiger partial charge >= 0.3 is 0 Å². The maximum absolute atomic E-state index is 5.57. The highest BCUT2D eigenvalue weighted by Crippen LogP contribution is 2.26. The highest BCUT2D eigenvalue weighted by Gasteiger charge is 2.13.